The molecule has 0 aromatic heterocycles. The summed E-state index contributed by atoms with van der Waals surface area (Å²) in [5.41, 5.74) is 1.52. The van der Waals surface area contributed by atoms with E-state index in [1.807, 2.05) is 0 Å². The van der Waals surface area contributed by atoms with Crippen LogP contribution in [0.3, 0.4) is 0 Å². The quantitative estimate of drug-likeness (QED) is 0.374. The molecule has 1 unspecified atom stereocenters. The number of carbonyl (C=O) groups is 2. The van der Waals surface area contributed by atoms with Gasteiger partial charge in [0.15, 0.2) is 0 Å². The number of rotatable bonds is 14. The first-order valence-corrected chi connectivity index (χ1v) is 13.6. The lowest BCUT2D eigenvalue weighted by Gasteiger charge is -2.29. The van der Waals surface area contributed by atoms with Gasteiger partial charge in [0.05, 0.1) is 4.90 Å². The monoisotopic (exact) mass is 519 g/mol. The molecule has 10 heteroatoms. The Morgan fingerprint density at radius 1 is 1.08 bits per heavy atom. The first kappa shape index (κ1) is 27.8. The number of nitrogens with one attached hydrogen (secondary N) is 2. The minimum Gasteiger partial charge on any atom is -0.385 e. The Labute approximate surface area is 212 Å². The van der Waals surface area contributed by atoms with Gasteiger partial charge in [0.25, 0.3) is 0 Å². The molecule has 36 heavy (non-hydrogen) atoms. The maximum absolute atomic E-state index is 13.4. The number of sulfonamides is 1. The van der Waals surface area contributed by atoms with Crippen molar-refractivity contribution in [2.45, 2.75) is 62.6 Å². The number of carbonyl (C=O) groups excluding carboxylic acids is 2. The Balaban J connectivity index is 1.64. The summed E-state index contributed by atoms with van der Waals surface area (Å²) in [5.74, 6) is -0.886. The topological polar surface area (TPSA) is 105 Å². The van der Waals surface area contributed by atoms with Crippen LogP contribution in [0.1, 0.15) is 43.7 Å². The highest BCUT2D eigenvalue weighted by Crippen LogP contribution is 2.22. The Morgan fingerprint density at radius 3 is 2.33 bits per heavy atom. The smallest absolute Gasteiger partial charge is 0.242 e. The summed E-state index contributed by atoms with van der Waals surface area (Å²) in [4.78, 5) is 27.6. The number of halogens is 1. The van der Waals surface area contributed by atoms with Crippen LogP contribution in [-0.4, -0.2) is 57.5 Å². The summed E-state index contributed by atoms with van der Waals surface area (Å²) in [5, 5.41) is 2.82. The maximum Gasteiger partial charge on any atom is 0.242 e. The minimum atomic E-state index is -3.53. The molecule has 2 aromatic carbocycles. The third-order valence-corrected chi connectivity index (χ3v) is 7.55. The molecule has 2 amide bonds. The number of methoxy groups -OCH3 is 1. The summed E-state index contributed by atoms with van der Waals surface area (Å²) < 4.78 is 45.7. The molecular weight excluding hydrogens is 485 g/mol. The van der Waals surface area contributed by atoms with Crippen LogP contribution in [0.25, 0.3) is 0 Å². The number of nitrogens with zero attached hydrogens (tertiary/aromatic N) is 1. The lowest BCUT2D eigenvalue weighted by molar-refractivity contribution is -0.140. The molecule has 1 aliphatic carbocycles. The summed E-state index contributed by atoms with van der Waals surface area (Å²) >= 11 is 0. The zero-order chi connectivity index (χ0) is 26.1. The predicted molar refractivity (Wildman–Crippen MR) is 134 cm³/mol. The van der Waals surface area contributed by atoms with Gasteiger partial charge in [-0.3, -0.25) is 9.59 Å². The van der Waals surface area contributed by atoms with Crippen molar-refractivity contribution in [2.24, 2.45) is 0 Å². The molecule has 1 fully saturated rings. The third kappa shape index (κ3) is 8.39. The molecule has 1 saturated carbocycles. The van der Waals surface area contributed by atoms with Crippen molar-refractivity contribution in [1.82, 2.24) is 14.9 Å². The average Bonchev–Trinajstić information content (AvgIpc) is 3.68. The van der Waals surface area contributed by atoms with Crippen LogP contribution in [0.5, 0.6) is 0 Å². The van der Waals surface area contributed by atoms with Gasteiger partial charge in [0.1, 0.15) is 11.9 Å². The number of ether oxygens (including phenoxy) is 1. The normalized spacial score (nSPS) is 14.3. The number of aryl methyl sites for hydroxylation is 1. The van der Waals surface area contributed by atoms with Crippen molar-refractivity contribution >= 4 is 21.8 Å². The number of hydrogen-bond donors (Lipinski definition) is 2. The average molecular weight is 520 g/mol. The van der Waals surface area contributed by atoms with Gasteiger partial charge in [0.2, 0.25) is 21.8 Å². The molecule has 8 nitrogen and oxygen atoms in total. The van der Waals surface area contributed by atoms with Gasteiger partial charge in [-0.15, -0.1) is 0 Å². The highest BCUT2D eigenvalue weighted by molar-refractivity contribution is 7.89. The molecular formula is C26H34FN3O5S. The second-order valence-corrected chi connectivity index (χ2v) is 10.7. The van der Waals surface area contributed by atoms with Crippen molar-refractivity contribution in [3.8, 4) is 0 Å². The lowest BCUT2D eigenvalue weighted by atomic mass is 10.1. The summed E-state index contributed by atoms with van der Waals surface area (Å²) in [6.07, 6.45) is 2.89. The molecule has 1 atom stereocenters. The van der Waals surface area contributed by atoms with E-state index in [4.69, 9.17) is 4.74 Å². The zero-order valence-electron chi connectivity index (χ0n) is 20.7. The van der Waals surface area contributed by atoms with E-state index < -0.39 is 16.1 Å². The highest BCUT2D eigenvalue weighted by atomic mass is 32.2. The van der Waals surface area contributed by atoms with E-state index in [0.29, 0.717) is 31.6 Å². The minimum absolute atomic E-state index is 0.0264. The lowest BCUT2D eigenvalue weighted by Crippen LogP contribution is -2.48. The fraction of sp³-hybridized carbons (Fsp3) is 0.462. The van der Waals surface area contributed by atoms with E-state index in [2.05, 4.69) is 10.0 Å². The molecule has 196 valence electrons. The van der Waals surface area contributed by atoms with Gasteiger partial charge in [-0.1, -0.05) is 24.3 Å². The number of hydrogen-bond acceptors (Lipinski definition) is 5. The van der Waals surface area contributed by atoms with Crippen LogP contribution >= 0.6 is 0 Å². The van der Waals surface area contributed by atoms with Crippen LogP contribution in [-0.2, 0) is 37.3 Å². The van der Waals surface area contributed by atoms with Crippen LogP contribution in [0.15, 0.2) is 53.4 Å². The molecule has 0 bridgehead atoms. The number of amides is 2. The second-order valence-electron chi connectivity index (χ2n) is 9.00. The van der Waals surface area contributed by atoms with Gasteiger partial charge >= 0.3 is 0 Å². The van der Waals surface area contributed by atoms with Crippen LogP contribution in [0.4, 0.5) is 4.39 Å². The SMILES string of the molecule is COCCCNC(=O)C(C)N(Cc1ccc(F)cc1)C(=O)CCc1ccc(S(=O)(=O)NC2CC2)cc1. The Kier molecular flexibility index (Phi) is 9.98. The second kappa shape index (κ2) is 12.9. The van der Waals surface area contributed by atoms with E-state index in [1.54, 1.807) is 38.3 Å². The highest BCUT2D eigenvalue weighted by Gasteiger charge is 2.28. The van der Waals surface area contributed by atoms with E-state index in [1.165, 1.54) is 29.2 Å². The van der Waals surface area contributed by atoms with Crippen molar-refractivity contribution < 1.29 is 27.1 Å². The van der Waals surface area contributed by atoms with Crippen molar-refractivity contribution in [3.63, 3.8) is 0 Å². The van der Waals surface area contributed by atoms with E-state index in [-0.39, 0.29) is 41.5 Å². The molecule has 0 aliphatic heterocycles. The molecule has 2 aromatic rings. The molecule has 0 saturated heterocycles. The van der Waals surface area contributed by atoms with Crippen molar-refractivity contribution in [1.29, 1.82) is 0 Å². The van der Waals surface area contributed by atoms with Gasteiger partial charge in [0, 0.05) is 39.3 Å². The van der Waals surface area contributed by atoms with E-state index in [9.17, 15) is 22.4 Å². The first-order valence-electron chi connectivity index (χ1n) is 12.1. The summed E-state index contributed by atoms with van der Waals surface area (Å²) in [6, 6.07) is 11.6. The van der Waals surface area contributed by atoms with Gasteiger partial charge in [-0.05, 0) is 68.0 Å². The molecule has 0 heterocycles. The van der Waals surface area contributed by atoms with E-state index >= 15 is 0 Å². The Hall–Kier alpha value is -2.82. The molecule has 3 rings (SSSR count). The van der Waals surface area contributed by atoms with E-state index in [0.717, 1.165) is 18.4 Å². The molecule has 0 spiro atoms. The summed E-state index contributed by atoms with van der Waals surface area (Å²) in [7, 11) is -1.94. The molecule has 1 aliphatic rings. The van der Waals surface area contributed by atoms with Crippen LogP contribution in [0.2, 0.25) is 0 Å². The third-order valence-electron chi connectivity index (χ3n) is 6.02. The van der Waals surface area contributed by atoms with Crippen molar-refractivity contribution in [3.05, 3.63) is 65.5 Å². The Bertz CT molecular complexity index is 1120. The fourth-order valence-electron chi connectivity index (χ4n) is 3.66. The predicted octanol–water partition coefficient (Wildman–Crippen LogP) is 2.77. The molecule has 2 N–H and O–H groups in total. The standard InChI is InChI=1S/C26H34FN3O5S/c1-19(26(32)28-16-3-17-35-2)30(18-21-4-9-22(27)10-5-21)25(31)15-8-20-6-13-24(14-7-20)36(33,34)29-23-11-12-23/h4-7,9-10,13-14,19,23,29H,3,8,11-12,15-18H2,1-2H3,(H,28,32). The maximum atomic E-state index is 13.4. The largest absolute Gasteiger partial charge is 0.385 e. The molecule has 0 radical (unpaired) electrons. The van der Waals surface area contributed by atoms with Crippen LogP contribution < -0.4 is 10.0 Å². The van der Waals surface area contributed by atoms with Gasteiger partial charge in [-0.2, -0.15) is 0 Å². The zero-order valence-corrected chi connectivity index (χ0v) is 21.5. The fourth-order valence-corrected chi connectivity index (χ4v) is 4.97. The summed E-state index contributed by atoms with van der Waals surface area (Å²) in [6.45, 7) is 2.78. The van der Waals surface area contributed by atoms with Crippen molar-refractivity contribution in [2.75, 3.05) is 20.3 Å². The van der Waals surface area contributed by atoms with Gasteiger partial charge in [-0.25, -0.2) is 17.5 Å². The first-order chi connectivity index (χ1) is 17.2. The number of benzene rings is 2. The Morgan fingerprint density at radius 2 is 1.72 bits per heavy atom. The van der Waals surface area contributed by atoms with Gasteiger partial charge < -0.3 is 15.0 Å². The van der Waals surface area contributed by atoms with Crippen LogP contribution in [0, 0.1) is 5.82 Å².